The third-order valence-electron chi connectivity index (χ3n) is 3.05. The van der Waals surface area contributed by atoms with E-state index in [-0.39, 0.29) is 5.91 Å². The summed E-state index contributed by atoms with van der Waals surface area (Å²) in [6.07, 6.45) is 4.71. The molecular formula is C11H22N2O2. The molecule has 0 aromatic carbocycles. The van der Waals surface area contributed by atoms with Gasteiger partial charge in [-0.2, -0.15) is 0 Å². The fourth-order valence-electron chi connectivity index (χ4n) is 2.27. The standard InChI is InChI=1S/C11H22N2O2/c1-3-13(9-6-4-5-7-9)11(14)10(12)8-15-2/h9-10H,3-8,12H2,1-2H3. The molecule has 0 bridgehead atoms. The Hall–Kier alpha value is -0.610. The predicted molar refractivity (Wildman–Crippen MR) is 59.5 cm³/mol. The van der Waals surface area contributed by atoms with Gasteiger partial charge in [-0.25, -0.2) is 0 Å². The van der Waals surface area contributed by atoms with E-state index in [1.807, 2.05) is 11.8 Å². The van der Waals surface area contributed by atoms with Crippen LogP contribution >= 0.6 is 0 Å². The second kappa shape index (κ2) is 6.08. The van der Waals surface area contributed by atoms with Crippen LogP contribution in [-0.2, 0) is 9.53 Å². The third-order valence-corrected chi connectivity index (χ3v) is 3.05. The van der Waals surface area contributed by atoms with E-state index in [4.69, 9.17) is 10.5 Å². The monoisotopic (exact) mass is 214 g/mol. The van der Waals surface area contributed by atoms with Crippen LogP contribution in [0.15, 0.2) is 0 Å². The minimum atomic E-state index is -0.504. The van der Waals surface area contributed by atoms with E-state index in [0.29, 0.717) is 12.6 Å². The molecule has 15 heavy (non-hydrogen) atoms. The van der Waals surface area contributed by atoms with Crippen molar-refractivity contribution in [3.05, 3.63) is 0 Å². The van der Waals surface area contributed by atoms with Gasteiger partial charge >= 0.3 is 0 Å². The Morgan fingerprint density at radius 2 is 2.13 bits per heavy atom. The van der Waals surface area contributed by atoms with Gasteiger partial charge in [0.1, 0.15) is 6.04 Å². The average Bonchev–Trinajstić information content (AvgIpc) is 2.72. The van der Waals surface area contributed by atoms with Crippen LogP contribution in [0.5, 0.6) is 0 Å². The van der Waals surface area contributed by atoms with Gasteiger partial charge in [0.15, 0.2) is 0 Å². The molecule has 1 rings (SSSR count). The fraction of sp³-hybridized carbons (Fsp3) is 0.909. The van der Waals surface area contributed by atoms with Crippen LogP contribution < -0.4 is 5.73 Å². The molecule has 1 unspecified atom stereocenters. The SMILES string of the molecule is CCN(C(=O)C(N)COC)C1CCCC1. The zero-order valence-corrected chi connectivity index (χ0v) is 9.74. The molecule has 1 aliphatic carbocycles. The number of hydrogen-bond acceptors (Lipinski definition) is 3. The van der Waals surface area contributed by atoms with Gasteiger partial charge in [0.2, 0.25) is 5.91 Å². The van der Waals surface area contributed by atoms with Gasteiger partial charge in [-0.1, -0.05) is 12.8 Å². The highest BCUT2D eigenvalue weighted by Gasteiger charge is 2.28. The van der Waals surface area contributed by atoms with Crippen molar-refractivity contribution in [3.8, 4) is 0 Å². The summed E-state index contributed by atoms with van der Waals surface area (Å²) >= 11 is 0. The third kappa shape index (κ3) is 3.18. The molecule has 0 saturated heterocycles. The van der Waals surface area contributed by atoms with Gasteiger partial charge in [0.05, 0.1) is 6.61 Å². The number of carbonyl (C=O) groups excluding carboxylic acids is 1. The molecule has 0 radical (unpaired) electrons. The van der Waals surface area contributed by atoms with Gasteiger partial charge in [0.25, 0.3) is 0 Å². The second-order valence-electron chi connectivity index (χ2n) is 4.12. The first-order valence-corrected chi connectivity index (χ1v) is 5.75. The number of likely N-dealkylation sites (N-methyl/N-ethyl adjacent to an activating group) is 1. The molecule has 0 aromatic heterocycles. The minimum Gasteiger partial charge on any atom is -0.383 e. The lowest BCUT2D eigenvalue weighted by atomic mass is 10.1. The van der Waals surface area contributed by atoms with Gasteiger partial charge < -0.3 is 15.4 Å². The Kier molecular flexibility index (Phi) is 5.05. The number of ether oxygens (including phenoxy) is 1. The zero-order chi connectivity index (χ0) is 11.3. The highest BCUT2D eigenvalue weighted by molar-refractivity contribution is 5.82. The van der Waals surface area contributed by atoms with Crippen molar-refractivity contribution in [1.82, 2.24) is 4.90 Å². The first-order chi connectivity index (χ1) is 7.20. The molecular weight excluding hydrogens is 192 g/mol. The van der Waals surface area contributed by atoms with E-state index < -0.39 is 6.04 Å². The summed E-state index contributed by atoms with van der Waals surface area (Å²) in [5.41, 5.74) is 5.76. The van der Waals surface area contributed by atoms with E-state index in [9.17, 15) is 4.79 Å². The molecule has 4 heteroatoms. The molecule has 1 fully saturated rings. The Morgan fingerprint density at radius 1 is 1.53 bits per heavy atom. The Bertz CT molecular complexity index is 203. The van der Waals surface area contributed by atoms with E-state index >= 15 is 0 Å². The lowest BCUT2D eigenvalue weighted by molar-refractivity contribution is -0.135. The van der Waals surface area contributed by atoms with Crippen LogP contribution in [0.4, 0.5) is 0 Å². The number of rotatable bonds is 5. The van der Waals surface area contributed by atoms with Crippen molar-refractivity contribution in [1.29, 1.82) is 0 Å². The first kappa shape index (κ1) is 12.5. The Labute approximate surface area is 91.8 Å². The maximum Gasteiger partial charge on any atom is 0.242 e. The van der Waals surface area contributed by atoms with Crippen molar-refractivity contribution in [2.75, 3.05) is 20.3 Å². The van der Waals surface area contributed by atoms with Crippen LogP contribution in [0.1, 0.15) is 32.6 Å². The summed E-state index contributed by atoms with van der Waals surface area (Å²) in [5, 5.41) is 0. The molecule has 1 atom stereocenters. The Balaban J connectivity index is 2.52. The lowest BCUT2D eigenvalue weighted by Gasteiger charge is -2.29. The zero-order valence-electron chi connectivity index (χ0n) is 9.74. The highest BCUT2D eigenvalue weighted by atomic mass is 16.5. The summed E-state index contributed by atoms with van der Waals surface area (Å²) in [6, 6.07) is -0.0963. The summed E-state index contributed by atoms with van der Waals surface area (Å²) < 4.78 is 4.91. The quantitative estimate of drug-likeness (QED) is 0.735. The summed E-state index contributed by atoms with van der Waals surface area (Å²) in [7, 11) is 1.57. The Morgan fingerprint density at radius 3 is 2.60 bits per heavy atom. The lowest BCUT2D eigenvalue weighted by Crippen LogP contribution is -2.49. The molecule has 0 spiro atoms. The van der Waals surface area contributed by atoms with Crippen LogP contribution in [0, 0.1) is 0 Å². The van der Waals surface area contributed by atoms with E-state index in [1.54, 1.807) is 7.11 Å². The first-order valence-electron chi connectivity index (χ1n) is 5.75. The number of amides is 1. The van der Waals surface area contributed by atoms with E-state index in [1.165, 1.54) is 12.8 Å². The number of carbonyl (C=O) groups is 1. The van der Waals surface area contributed by atoms with Crippen molar-refractivity contribution in [3.63, 3.8) is 0 Å². The predicted octanol–water partition coefficient (Wildman–Crippen LogP) is 0.751. The summed E-state index contributed by atoms with van der Waals surface area (Å²) in [5.74, 6) is 0.0336. The smallest absolute Gasteiger partial charge is 0.242 e. The molecule has 1 aliphatic rings. The molecule has 0 heterocycles. The maximum absolute atomic E-state index is 12.0. The molecule has 4 nitrogen and oxygen atoms in total. The maximum atomic E-state index is 12.0. The van der Waals surface area contributed by atoms with Crippen LogP contribution in [-0.4, -0.2) is 43.2 Å². The van der Waals surface area contributed by atoms with Gasteiger partial charge in [-0.3, -0.25) is 4.79 Å². The fourth-order valence-corrected chi connectivity index (χ4v) is 2.27. The highest BCUT2D eigenvalue weighted by Crippen LogP contribution is 2.23. The topological polar surface area (TPSA) is 55.6 Å². The molecule has 2 N–H and O–H groups in total. The molecule has 0 aliphatic heterocycles. The van der Waals surface area contributed by atoms with Crippen molar-refractivity contribution in [2.45, 2.75) is 44.7 Å². The largest absolute Gasteiger partial charge is 0.383 e. The van der Waals surface area contributed by atoms with E-state index in [0.717, 1.165) is 19.4 Å². The minimum absolute atomic E-state index is 0.0336. The normalized spacial score (nSPS) is 19.1. The number of nitrogens with two attached hydrogens (primary N) is 1. The summed E-state index contributed by atoms with van der Waals surface area (Å²) in [6.45, 7) is 3.07. The van der Waals surface area contributed by atoms with Gasteiger partial charge in [-0.15, -0.1) is 0 Å². The van der Waals surface area contributed by atoms with Crippen molar-refractivity contribution >= 4 is 5.91 Å². The molecule has 88 valence electrons. The number of hydrogen-bond donors (Lipinski definition) is 1. The second-order valence-corrected chi connectivity index (χ2v) is 4.12. The average molecular weight is 214 g/mol. The van der Waals surface area contributed by atoms with Crippen LogP contribution in [0.2, 0.25) is 0 Å². The molecule has 1 amide bonds. The molecule has 1 saturated carbocycles. The summed E-state index contributed by atoms with van der Waals surface area (Å²) in [4.78, 5) is 13.9. The molecule has 0 aromatic rings. The van der Waals surface area contributed by atoms with Gasteiger partial charge in [-0.05, 0) is 19.8 Å². The number of methoxy groups -OCH3 is 1. The number of nitrogens with zero attached hydrogens (tertiary/aromatic N) is 1. The van der Waals surface area contributed by atoms with Crippen LogP contribution in [0.3, 0.4) is 0 Å². The van der Waals surface area contributed by atoms with Crippen molar-refractivity contribution < 1.29 is 9.53 Å². The van der Waals surface area contributed by atoms with Crippen LogP contribution in [0.25, 0.3) is 0 Å². The van der Waals surface area contributed by atoms with Crippen molar-refractivity contribution in [2.24, 2.45) is 5.73 Å². The van der Waals surface area contributed by atoms with Gasteiger partial charge in [0, 0.05) is 19.7 Å². The van der Waals surface area contributed by atoms with E-state index in [2.05, 4.69) is 0 Å².